The smallest absolute Gasteiger partial charge is 0.265 e. The standard InChI is InChI=1S/C25H25ClF2N2O5S/c1-4-21(25(29)31)30(36(32,33)17-9-11-23(34-2)24(14-17)35-3)22-10-8-16(26)12-15(22)13-18-19(27)6-5-7-20(18)28/h5-12,14,21H,4,13H2,1-3H3,(H2,29,31). The van der Waals surface area contributed by atoms with E-state index in [0.29, 0.717) is 5.75 Å². The summed E-state index contributed by atoms with van der Waals surface area (Å²) in [6.07, 6.45) is -0.306. The van der Waals surface area contributed by atoms with E-state index in [1.807, 2.05) is 0 Å². The van der Waals surface area contributed by atoms with Crippen molar-refractivity contribution in [2.75, 3.05) is 18.5 Å². The normalized spacial score (nSPS) is 12.2. The number of methoxy groups -OCH3 is 2. The lowest BCUT2D eigenvalue weighted by molar-refractivity contribution is -0.119. The van der Waals surface area contributed by atoms with Gasteiger partial charge in [-0.05, 0) is 54.4 Å². The molecular formula is C25H25ClF2N2O5S. The molecule has 0 aliphatic rings. The van der Waals surface area contributed by atoms with Gasteiger partial charge in [-0.1, -0.05) is 24.6 Å². The number of carbonyl (C=O) groups excluding carboxylic acids is 1. The summed E-state index contributed by atoms with van der Waals surface area (Å²) in [4.78, 5) is 12.2. The first-order valence-corrected chi connectivity index (χ1v) is 12.6. The van der Waals surface area contributed by atoms with Gasteiger partial charge in [0, 0.05) is 23.1 Å². The number of nitrogens with two attached hydrogens (primary N) is 1. The molecule has 192 valence electrons. The Balaban J connectivity index is 2.27. The molecule has 2 N–H and O–H groups in total. The van der Waals surface area contributed by atoms with Crippen molar-refractivity contribution < 1.29 is 31.5 Å². The maximum Gasteiger partial charge on any atom is 0.265 e. The molecule has 1 amide bonds. The number of hydrogen-bond donors (Lipinski definition) is 1. The van der Waals surface area contributed by atoms with Crippen molar-refractivity contribution in [3.8, 4) is 11.5 Å². The number of sulfonamides is 1. The number of rotatable bonds is 10. The van der Waals surface area contributed by atoms with Gasteiger partial charge in [-0.15, -0.1) is 0 Å². The minimum atomic E-state index is -4.45. The van der Waals surface area contributed by atoms with E-state index in [0.717, 1.165) is 16.4 Å². The Morgan fingerprint density at radius 2 is 1.67 bits per heavy atom. The van der Waals surface area contributed by atoms with Gasteiger partial charge in [0.15, 0.2) is 11.5 Å². The van der Waals surface area contributed by atoms with Crippen LogP contribution in [-0.2, 0) is 21.2 Å². The van der Waals surface area contributed by atoms with E-state index in [1.54, 1.807) is 6.92 Å². The van der Waals surface area contributed by atoms with Crippen LogP contribution in [0.25, 0.3) is 0 Å². The minimum absolute atomic E-state index is 0.00230. The molecule has 0 aliphatic heterocycles. The van der Waals surface area contributed by atoms with Gasteiger partial charge in [0.1, 0.15) is 17.7 Å². The Labute approximate surface area is 213 Å². The molecule has 3 aromatic rings. The zero-order valence-corrected chi connectivity index (χ0v) is 21.4. The van der Waals surface area contributed by atoms with Crippen LogP contribution in [0.1, 0.15) is 24.5 Å². The second kappa shape index (κ2) is 11.1. The van der Waals surface area contributed by atoms with Crippen LogP contribution in [0, 0.1) is 11.6 Å². The first kappa shape index (κ1) is 27.2. The van der Waals surface area contributed by atoms with Crippen LogP contribution in [0.4, 0.5) is 14.5 Å². The van der Waals surface area contributed by atoms with Crippen LogP contribution in [0.15, 0.2) is 59.5 Å². The molecule has 3 rings (SSSR count). The fourth-order valence-electron chi connectivity index (χ4n) is 3.84. The third-order valence-electron chi connectivity index (χ3n) is 5.62. The first-order valence-electron chi connectivity index (χ1n) is 10.8. The fourth-order valence-corrected chi connectivity index (χ4v) is 5.78. The second-order valence-corrected chi connectivity index (χ2v) is 10.0. The van der Waals surface area contributed by atoms with Gasteiger partial charge in [-0.2, -0.15) is 0 Å². The number of benzene rings is 3. The highest BCUT2D eigenvalue weighted by Gasteiger charge is 2.36. The quantitative estimate of drug-likeness (QED) is 0.404. The maximum atomic E-state index is 14.5. The van der Waals surface area contributed by atoms with E-state index < -0.39 is 33.6 Å². The van der Waals surface area contributed by atoms with Gasteiger partial charge in [0.25, 0.3) is 10.0 Å². The minimum Gasteiger partial charge on any atom is -0.493 e. The first-order chi connectivity index (χ1) is 17.0. The SMILES string of the molecule is CCC(C(N)=O)N(c1ccc(Cl)cc1Cc1c(F)cccc1F)S(=O)(=O)c1ccc(OC)c(OC)c1. The zero-order chi connectivity index (χ0) is 26.6. The van der Waals surface area contributed by atoms with Gasteiger partial charge >= 0.3 is 0 Å². The van der Waals surface area contributed by atoms with Crippen molar-refractivity contribution in [3.63, 3.8) is 0 Å². The van der Waals surface area contributed by atoms with Gasteiger partial charge in [-0.3, -0.25) is 9.10 Å². The monoisotopic (exact) mass is 538 g/mol. The van der Waals surface area contributed by atoms with Crippen molar-refractivity contribution in [2.45, 2.75) is 30.7 Å². The number of amides is 1. The molecule has 1 atom stereocenters. The van der Waals surface area contributed by atoms with Crippen LogP contribution in [-0.4, -0.2) is 34.6 Å². The molecule has 11 heteroatoms. The predicted molar refractivity (Wildman–Crippen MR) is 133 cm³/mol. The molecule has 3 aromatic carbocycles. The summed E-state index contributed by atoms with van der Waals surface area (Å²) in [7, 11) is -1.69. The third kappa shape index (κ3) is 5.39. The highest BCUT2D eigenvalue weighted by atomic mass is 35.5. The number of hydrogen-bond acceptors (Lipinski definition) is 5. The number of carbonyl (C=O) groups is 1. The third-order valence-corrected chi connectivity index (χ3v) is 7.67. The van der Waals surface area contributed by atoms with E-state index in [2.05, 4.69) is 0 Å². The Bertz CT molecular complexity index is 1360. The van der Waals surface area contributed by atoms with Gasteiger partial charge in [-0.25, -0.2) is 17.2 Å². The molecule has 0 saturated heterocycles. The summed E-state index contributed by atoms with van der Waals surface area (Å²) in [5.74, 6) is -2.07. The van der Waals surface area contributed by atoms with E-state index in [9.17, 15) is 22.0 Å². The Morgan fingerprint density at radius 1 is 1.03 bits per heavy atom. The summed E-state index contributed by atoms with van der Waals surface area (Å²) < 4.78 is 68.2. The molecule has 0 spiro atoms. The molecule has 0 heterocycles. The highest BCUT2D eigenvalue weighted by Crippen LogP contribution is 2.36. The van der Waals surface area contributed by atoms with Gasteiger partial charge < -0.3 is 15.2 Å². The lowest BCUT2D eigenvalue weighted by atomic mass is 10.0. The maximum absolute atomic E-state index is 14.5. The zero-order valence-electron chi connectivity index (χ0n) is 19.8. The molecular weight excluding hydrogens is 514 g/mol. The van der Waals surface area contributed by atoms with Gasteiger partial charge in [0.05, 0.1) is 24.8 Å². The topological polar surface area (TPSA) is 98.9 Å². The number of nitrogens with zero attached hydrogens (tertiary/aromatic N) is 1. The summed E-state index contributed by atoms with van der Waals surface area (Å²) in [6.45, 7) is 1.60. The van der Waals surface area contributed by atoms with Crippen LogP contribution in [0.3, 0.4) is 0 Å². The van der Waals surface area contributed by atoms with Crippen molar-refractivity contribution in [1.29, 1.82) is 0 Å². The summed E-state index contributed by atoms with van der Waals surface area (Å²) >= 11 is 6.17. The summed E-state index contributed by atoms with van der Waals surface area (Å²) in [5, 5.41) is 0.209. The molecule has 1 unspecified atom stereocenters. The molecule has 7 nitrogen and oxygen atoms in total. The molecule has 0 aliphatic carbocycles. The number of primary amides is 1. The second-order valence-electron chi connectivity index (χ2n) is 7.79. The fraction of sp³-hybridized carbons (Fsp3) is 0.240. The van der Waals surface area contributed by atoms with E-state index in [1.165, 1.54) is 56.7 Å². The average molecular weight is 539 g/mol. The lowest BCUT2D eigenvalue weighted by Gasteiger charge is -2.32. The number of anilines is 1. The molecule has 36 heavy (non-hydrogen) atoms. The van der Waals surface area contributed by atoms with Crippen LogP contribution in [0.5, 0.6) is 11.5 Å². The largest absolute Gasteiger partial charge is 0.493 e. The van der Waals surface area contributed by atoms with Crippen molar-refractivity contribution >= 4 is 33.2 Å². The average Bonchev–Trinajstić information content (AvgIpc) is 2.84. The van der Waals surface area contributed by atoms with Crippen molar-refractivity contribution in [2.24, 2.45) is 5.73 Å². The van der Waals surface area contributed by atoms with E-state index >= 15 is 0 Å². The van der Waals surface area contributed by atoms with Crippen molar-refractivity contribution in [1.82, 2.24) is 0 Å². The van der Waals surface area contributed by atoms with Crippen LogP contribution < -0.4 is 19.5 Å². The Morgan fingerprint density at radius 3 is 2.22 bits per heavy atom. The van der Waals surface area contributed by atoms with Crippen LogP contribution >= 0.6 is 11.6 Å². The Hall–Kier alpha value is -3.37. The number of ether oxygens (including phenoxy) is 2. The van der Waals surface area contributed by atoms with E-state index in [-0.39, 0.29) is 45.3 Å². The molecule has 0 fully saturated rings. The molecule has 0 saturated carbocycles. The highest BCUT2D eigenvalue weighted by molar-refractivity contribution is 7.93. The van der Waals surface area contributed by atoms with E-state index in [4.69, 9.17) is 26.8 Å². The molecule has 0 bridgehead atoms. The number of halogens is 3. The predicted octanol–water partition coefficient (Wildman–Crippen LogP) is 4.69. The van der Waals surface area contributed by atoms with Crippen LogP contribution in [0.2, 0.25) is 5.02 Å². The molecule has 0 radical (unpaired) electrons. The van der Waals surface area contributed by atoms with Crippen molar-refractivity contribution in [3.05, 3.63) is 82.4 Å². The lowest BCUT2D eigenvalue weighted by Crippen LogP contribution is -2.48. The molecule has 0 aromatic heterocycles. The van der Waals surface area contributed by atoms with Gasteiger partial charge in [0.2, 0.25) is 5.91 Å². The Kier molecular flexibility index (Phi) is 8.42. The summed E-state index contributed by atoms with van der Waals surface area (Å²) in [5.41, 5.74) is 5.50. The summed E-state index contributed by atoms with van der Waals surface area (Å²) in [6, 6.07) is 10.3.